The minimum absolute atomic E-state index is 0.242. The Bertz CT molecular complexity index is 1190. The third-order valence-corrected chi connectivity index (χ3v) is 7.43. The second-order valence-electron chi connectivity index (χ2n) is 9.21. The van der Waals surface area contributed by atoms with E-state index in [4.69, 9.17) is 16.6 Å². The summed E-state index contributed by atoms with van der Waals surface area (Å²) < 4.78 is 15.4. The minimum Gasteiger partial charge on any atom is -0.316 e. The lowest BCUT2D eigenvalue weighted by Crippen LogP contribution is -2.36. The van der Waals surface area contributed by atoms with E-state index in [1.165, 1.54) is 29.2 Å². The summed E-state index contributed by atoms with van der Waals surface area (Å²) in [6, 6.07) is 14.3. The van der Waals surface area contributed by atoms with E-state index in [0.717, 1.165) is 49.0 Å². The van der Waals surface area contributed by atoms with Crippen molar-refractivity contribution in [3.05, 3.63) is 88.3 Å². The predicted octanol–water partition coefficient (Wildman–Crippen LogP) is 6.90. The molecular formula is C30H35ClFN3. The predicted molar refractivity (Wildman–Crippen MR) is 145 cm³/mol. The van der Waals surface area contributed by atoms with Gasteiger partial charge in [-0.25, -0.2) is 4.39 Å². The Kier molecular flexibility index (Phi) is 8.72. The Morgan fingerprint density at radius 2 is 1.91 bits per heavy atom. The molecule has 2 N–H and O–H groups in total. The topological polar surface area (TPSA) is 37.0 Å². The lowest BCUT2D eigenvalue weighted by molar-refractivity contribution is 0.476. The van der Waals surface area contributed by atoms with Gasteiger partial charge in [-0.1, -0.05) is 61.0 Å². The number of benzene rings is 2. The van der Waals surface area contributed by atoms with E-state index in [1.807, 2.05) is 32.2 Å². The van der Waals surface area contributed by atoms with Crippen molar-refractivity contribution in [2.24, 2.45) is 0 Å². The molecule has 5 heteroatoms. The van der Waals surface area contributed by atoms with Crippen LogP contribution in [0.25, 0.3) is 22.4 Å². The van der Waals surface area contributed by atoms with Crippen LogP contribution >= 0.6 is 11.6 Å². The fourth-order valence-corrected chi connectivity index (χ4v) is 5.38. The van der Waals surface area contributed by atoms with Crippen LogP contribution in [0, 0.1) is 5.82 Å². The van der Waals surface area contributed by atoms with Crippen LogP contribution < -0.4 is 10.6 Å². The molecule has 0 bridgehead atoms. The summed E-state index contributed by atoms with van der Waals surface area (Å²) in [5.74, 6) is -0.242. The van der Waals surface area contributed by atoms with Gasteiger partial charge >= 0.3 is 0 Å². The molecule has 35 heavy (non-hydrogen) atoms. The largest absolute Gasteiger partial charge is 0.316 e. The summed E-state index contributed by atoms with van der Waals surface area (Å²) >= 11 is 6.95. The van der Waals surface area contributed by atoms with Crippen molar-refractivity contribution in [3.8, 4) is 22.4 Å². The Hall–Kier alpha value is -2.53. The van der Waals surface area contributed by atoms with E-state index >= 15 is 4.39 Å². The van der Waals surface area contributed by atoms with Crippen LogP contribution in [0.4, 0.5) is 4.39 Å². The molecule has 0 saturated carbocycles. The van der Waals surface area contributed by atoms with Gasteiger partial charge in [-0.05, 0) is 62.3 Å². The number of likely N-dealkylation sites (N-methyl/N-ethyl adjacent to an activating group) is 1. The second-order valence-corrected chi connectivity index (χ2v) is 9.59. The zero-order valence-electron chi connectivity index (χ0n) is 20.8. The average Bonchev–Trinajstić information content (AvgIpc) is 3.36. The number of pyridine rings is 1. The molecule has 3 nitrogen and oxygen atoms in total. The molecule has 1 aromatic heterocycles. The summed E-state index contributed by atoms with van der Waals surface area (Å²) in [5, 5.41) is 7.33. The van der Waals surface area contributed by atoms with Crippen molar-refractivity contribution in [2.45, 2.75) is 58.0 Å². The summed E-state index contributed by atoms with van der Waals surface area (Å²) in [7, 11) is 1.95. The van der Waals surface area contributed by atoms with Crippen LogP contribution in [-0.2, 0) is 25.8 Å². The highest BCUT2D eigenvalue weighted by Gasteiger charge is 2.20. The zero-order chi connectivity index (χ0) is 24.8. The molecule has 4 rings (SSSR count). The van der Waals surface area contributed by atoms with E-state index in [0.29, 0.717) is 35.3 Å². The van der Waals surface area contributed by atoms with Gasteiger partial charge in [0, 0.05) is 47.6 Å². The summed E-state index contributed by atoms with van der Waals surface area (Å²) in [6.07, 6.45) is 7.88. The molecule has 1 aliphatic rings. The van der Waals surface area contributed by atoms with Gasteiger partial charge in [-0.15, -0.1) is 6.58 Å². The molecule has 1 unspecified atom stereocenters. The smallest absolute Gasteiger partial charge is 0.131 e. The van der Waals surface area contributed by atoms with E-state index < -0.39 is 0 Å². The first-order chi connectivity index (χ1) is 17.1. The van der Waals surface area contributed by atoms with Gasteiger partial charge in [0.1, 0.15) is 5.82 Å². The van der Waals surface area contributed by atoms with E-state index in [2.05, 4.69) is 41.5 Å². The second kappa shape index (κ2) is 11.9. The van der Waals surface area contributed by atoms with Crippen molar-refractivity contribution in [3.63, 3.8) is 0 Å². The number of nitrogens with zero attached hydrogens (tertiary/aromatic N) is 1. The van der Waals surface area contributed by atoms with Crippen molar-refractivity contribution in [1.29, 1.82) is 0 Å². The van der Waals surface area contributed by atoms with Crippen LogP contribution in [0.15, 0.2) is 55.1 Å². The first-order valence-electron chi connectivity index (χ1n) is 12.6. The van der Waals surface area contributed by atoms with Gasteiger partial charge in [0.05, 0.1) is 10.7 Å². The highest BCUT2D eigenvalue weighted by Crippen LogP contribution is 2.40. The van der Waals surface area contributed by atoms with E-state index in [-0.39, 0.29) is 5.82 Å². The normalized spacial score (nSPS) is 13.6. The fraction of sp³-hybridized carbons (Fsp3) is 0.367. The number of aryl methyl sites for hydroxylation is 2. The molecule has 0 fully saturated rings. The van der Waals surface area contributed by atoms with Crippen molar-refractivity contribution >= 4 is 11.6 Å². The molecule has 1 atom stereocenters. The summed E-state index contributed by atoms with van der Waals surface area (Å²) in [6.45, 7) is 7.00. The van der Waals surface area contributed by atoms with Gasteiger partial charge < -0.3 is 10.6 Å². The fourth-order valence-electron chi connectivity index (χ4n) is 5.06. The standard InChI is InChI=1S/C30H35ClFN3/c1-4-6-12-21(33-3)18-34-19-26-27(32)17-29(35-28(26)5-2)25-16-9-15-24(30(25)31)23-14-8-11-20-10-7-13-22(20)23/h4,8-9,11,14-17,21,33-34H,1,5-7,10,12-13,18-19H2,2-3H3. The Labute approximate surface area is 213 Å². The number of fused-ring (bicyclic) bond motifs is 1. The quantitative estimate of drug-likeness (QED) is 0.286. The molecule has 2 aromatic carbocycles. The SMILES string of the molecule is C=CCCC(CNCc1c(F)cc(-c2cccc(-c3cccc4c3CCC4)c2Cl)nc1CC)NC. The molecule has 1 aliphatic carbocycles. The number of rotatable bonds is 11. The Morgan fingerprint density at radius 3 is 2.69 bits per heavy atom. The highest BCUT2D eigenvalue weighted by molar-refractivity contribution is 6.36. The van der Waals surface area contributed by atoms with Crippen LogP contribution in [0.2, 0.25) is 5.02 Å². The zero-order valence-corrected chi connectivity index (χ0v) is 21.5. The van der Waals surface area contributed by atoms with Crippen molar-refractivity contribution < 1.29 is 4.39 Å². The average molecular weight is 492 g/mol. The molecule has 0 aliphatic heterocycles. The van der Waals surface area contributed by atoms with E-state index in [9.17, 15) is 0 Å². The minimum atomic E-state index is -0.242. The number of halogens is 2. The molecule has 0 spiro atoms. The number of hydrogen-bond donors (Lipinski definition) is 2. The molecule has 1 heterocycles. The molecule has 3 aromatic rings. The maximum atomic E-state index is 15.4. The molecule has 0 radical (unpaired) electrons. The first kappa shape index (κ1) is 25.6. The summed E-state index contributed by atoms with van der Waals surface area (Å²) in [5.41, 5.74) is 7.71. The molecule has 184 valence electrons. The van der Waals surface area contributed by atoms with Gasteiger partial charge in [0.15, 0.2) is 0 Å². The molecule has 0 amide bonds. The molecular weight excluding hydrogens is 457 g/mol. The van der Waals surface area contributed by atoms with Crippen molar-refractivity contribution in [1.82, 2.24) is 15.6 Å². The van der Waals surface area contributed by atoms with Crippen LogP contribution in [-0.4, -0.2) is 24.6 Å². The number of hydrogen-bond acceptors (Lipinski definition) is 3. The van der Waals surface area contributed by atoms with Crippen LogP contribution in [0.3, 0.4) is 0 Å². The van der Waals surface area contributed by atoms with Gasteiger partial charge in [0.2, 0.25) is 0 Å². The number of aromatic nitrogens is 1. The van der Waals surface area contributed by atoms with Gasteiger partial charge in [-0.2, -0.15) is 0 Å². The molecule has 0 saturated heterocycles. The first-order valence-corrected chi connectivity index (χ1v) is 13.0. The highest BCUT2D eigenvalue weighted by atomic mass is 35.5. The van der Waals surface area contributed by atoms with Crippen LogP contribution in [0.5, 0.6) is 0 Å². The van der Waals surface area contributed by atoms with E-state index in [1.54, 1.807) is 0 Å². The van der Waals surface area contributed by atoms with Gasteiger partial charge in [0.25, 0.3) is 0 Å². The third-order valence-electron chi connectivity index (χ3n) is 7.02. The van der Waals surface area contributed by atoms with Crippen molar-refractivity contribution in [2.75, 3.05) is 13.6 Å². The number of nitrogens with one attached hydrogen (secondary N) is 2. The Morgan fingerprint density at radius 1 is 1.14 bits per heavy atom. The lowest BCUT2D eigenvalue weighted by Gasteiger charge is -2.18. The Balaban J connectivity index is 1.61. The summed E-state index contributed by atoms with van der Waals surface area (Å²) in [4.78, 5) is 4.86. The lowest BCUT2D eigenvalue weighted by atomic mass is 9.94. The maximum absolute atomic E-state index is 15.4. The number of allylic oxidation sites excluding steroid dienone is 1. The monoisotopic (exact) mass is 491 g/mol. The third kappa shape index (κ3) is 5.66. The van der Waals surface area contributed by atoms with Crippen LogP contribution in [0.1, 0.15) is 48.6 Å². The maximum Gasteiger partial charge on any atom is 0.131 e. The van der Waals surface area contributed by atoms with Gasteiger partial charge in [-0.3, -0.25) is 4.98 Å².